The van der Waals surface area contributed by atoms with Crippen molar-refractivity contribution < 1.29 is 15.0 Å². The number of halogens is 1. The molecule has 0 saturated carbocycles. The maximum atomic E-state index is 12.9. The summed E-state index contributed by atoms with van der Waals surface area (Å²) in [6, 6.07) is 21.3. The second-order valence-corrected chi connectivity index (χ2v) is 9.02. The number of piperidine rings is 1. The number of hydrogen-bond acceptors (Lipinski definition) is 4. The van der Waals surface area contributed by atoms with E-state index < -0.39 is 0 Å². The first-order valence-electron chi connectivity index (χ1n) is 10.9. The Labute approximate surface area is 196 Å². The van der Waals surface area contributed by atoms with Crippen molar-refractivity contribution in [3.63, 3.8) is 0 Å². The van der Waals surface area contributed by atoms with Crippen LogP contribution in [0, 0.1) is 0 Å². The molecule has 1 fully saturated rings. The summed E-state index contributed by atoms with van der Waals surface area (Å²) in [6.07, 6.45) is 1.87. The van der Waals surface area contributed by atoms with Crippen LogP contribution in [0.1, 0.15) is 24.0 Å². The fraction of sp³-hybridized carbons (Fsp3) is 0.269. The number of nitrogens with one attached hydrogen (secondary N) is 1. The number of carbonyl (C=O) groups is 1. The number of likely N-dealkylation sites (tertiary alicyclic amines) is 1. The first kappa shape index (κ1) is 22.4. The number of phenols is 2. The molecule has 0 unspecified atom stereocenters. The van der Waals surface area contributed by atoms with Crippen LogP contribution in [-0.4, -0.2) is 40.2 Å². The number of carbonyl (C=O) groups excluding carboxylic acids is 1. The van der Waals surface area contributed by atoms with Crippen LogP contribution >= 0.6 is 15.9 Å². The zero-order chi connectivity index (χ0) is 22.5. The first-order chi connectivity index (χ1) is 15.5. The molecule has 0 atom stereocenters. The molecule has 1 saturated heterocycles. The lowest BCUT2D eigenvalue weighted by Gasteiger charge is -2.32. The number of aromatic hydroxyl groups is 2. The average Bonchev–Trinajstić information content (AvgIpc) is 2.80. The topological polar surface area (TPSA) is 72.8 Å². The summed E-state index contributed by atoms with van der Waals surface area (Å²) in [4.78, 5) is 15.3. The summed E-state index contributed by atoms with van der Waals surface area (Å²) < 4.78 is 0.432. The molecule has 4 rings (SSSR count). The molecule has 0 spiro atoms. The molecule has 1 aliphatic rings. The van der Waals surface area contributed by atoms with Crippen LogP contribution < -0.4 is 5.32 Å². The molecule has 3 aromatic rings. The monoisotopic (exact) mass is 494 g/mol. The second-order valence-electron chi connectivity index (χ2n) is 8.23. The van der Waals surface area contributed by atoms with Gasteiger partial charge in [0.1, 0.15) is 11.5 Å². The Hall–Kier alpha value is -2.83. The van der Waals surface area contributed by atoms with E-state index in [0.29, 0.717) is 15.6 Å². The lowest BCUT2D eigenvalue weighted by molar-refractivity contribution is -0.121. The van der Waals surface area contributed by atoms with Gasteiger partial charge in [0.25, 0.3) is 0 Å². The van der Waals surface area contributed by atoms with Crippen LogP contribution in [0.25, 0.3) is 11.1 Å². The van der Waals surface area contributed by atoms with Gasteiger partial charge in [0.15, 0.2) is 0 Å². The highest BCUT2D eigenvalue weighted by atomic mass is 79.9. The van der Waals surface area contributed by atoms with Crippen LogP contribution in [0.4, 0.5) is 0 Å². The number of phenolic OH excluding ortho intramolecular Hbond substituents is 2. The summed E-state index contributed by atoms with van der Waals surface area (Å²) >= 11 is 3.41. The molecule has 0 radical (unpaired) electrons. The van der Waals surface area contributed by atoms with Crippen molar-refractivity contribution in [3.05, 3.63) is 82.3 Å². The molecule has 5 nitrogen and oxygen atoms in total. The van der Waals surface area contributed by atoms with Crippen molar-refractivity contribution in [2.24, 2.45) is 0 Å². The molecule has 1 heterocycles. The van der Waals surface area contributed by atoms with E-state index in [1.54, 1.807) is 0 Å². The Morgan fingerprint density at radius 2 is 1.59 bits per heavy atom. The van der Waals surface area contributed by atoms with E-state index in [1.807, 2.05) is 36.4 Å². The third kappa shape index (κ3) is 5.31. The minimum atomic E-state index is -0.116. The molecule has 3 N–H and O–H groups in total. The van der Waals surface area contributed by atoms with Crippen molar-refractivity contribution in [3.8, 4) is 22.6 Å². The van der Waals surface area contributed by atoms with Gasteiger partial charge in [-0.3, -0.25) is 9.69 Å². The lowest BCUT2D eigenvalue weighted by atomic mass is 9.95. The number of nitrogens with zero attached hydrogens (tertiary/aromatic N) is 1. The van der Waals surface area contributed by atoms with Gasteiger partial charge in [0.2, 0.25) is 5.91 Å². The van der Waals surface area contributed by atoms with Crippen molar-refractivity contribution in [2.45, 2.75) is 31.8 Å². The third-order valence-electron chi connectivity index (χ3n) is 5.92. The molecular weight excluding hydrogens is 468 g/mol. The van der Waals surface area contributed by atoms with Crippen molar-refractivity contribution in [1.29, 1.82) is 0 Å². The molecule has 0 aromatic heterocycles. The van der Waals surface area contributed by atoms with E-state index in [-0.39, 0.29) is 29.9 Å². The summed E-state index contributed by atoms with van der Waals surface area (Å²) in [6.45, 7) is 2.80. The predicted octanol–water partition coefficient (Wildman–Crippen LogP) is 4.85. The zero-order valence-corrected chi connectivity index (χ0v) is 19.4. The van der Waals surface area contributed by atoms with Gasteiger partial charge in [-0.25, -0.2) is 0 Å². The van der Waals surface area contributed by atoms with Gasteiger partial charge in [-0.05, 0) is 45.5 Å². The van der Waals surface area contributed by atoms with Crippen LogP contribution in [0.15, 0.2) is 71.2 Å². The molecular formula is C26H27BrN2O3. The summed E-state index contributed by atoms with van der Waals surface area (Å²) in [5, 5.41) is 23.9. The SMILES string of the molecule is O=C(Cc1c(Br)c(O)cc(O)c1-c1ccccc1)NC1CCN(Cc2ccccc2)CC1. The third-order valence-corrected chi connectivity index (χ3v) is 6.81. The molecule has 0 aliphatic carbocycles. The summed E-state index contributed by atoms with van der Waals surface area (Å²) in [5.74, 6) is -0.248. The minimum absolute atomic E-state index is 0.0473. The van der Waals surface area contributed by atoms with Gasteiger partial charge in [-0.15, -0.1) is 0 Å². The maximum Gasteiger partial charge on any atom is 0.224 e. The Morgan fingerprint density at radius 3 is 2.25 bits per heavy atom. The van der Waals surface area contributed by atoms with Crippen LogP contribution in [-0.2, 0) is 17.8 Å². The number of hydrogen-bond donors (Lipinski definition) is 3. The van der Waals surface area contributed by atoms with Crippen LogP contribution in [0.5, 0.6) is 11.5 Å². The zero-order valence-electron chi connectivity index (χ0n) is 17.8. The number of amides is 1. The van der Waals surface area contributed by atoms with Gasteiger partial charge in [-0.2, -0.15) is 0 Å². The van der Waals surface area contributed by atoms with Crippen molar-refractivity contribution in [2.75, 3.05) is 13.1 Å². The smallest absolute Gasteiger partial charge is 0.224 e. The van der Waals surface area contributed by atoms with Gasteiger partial charge in [0.05, 0.1) is 10.9 Å². The Kier molecular flexibility index (Phi) is 7.12. The first-order valence-corrected chi connectivity index (χ1v) is 11.6. The number of benzene rings is 3. The van der Waals surface area contributed by atoms with E-state index in [0.717, 1.165) is 38.0 Å². The molecule has 1 aliphatic heterocycles. The fourth-order valence-corrected chi connectivity index (χ4v) is 4.75. The van der Waals surface area contributed by atoms with Gasteiger partial charge < -0.3 is 15.5 Å². The maximum absolute atomic E-state index is 12.9. The van der Waals surface area contributed by atoms with Crippen molar-refractivity contribution >= 4 is 21.8 Å². The molecule has 0 bridgehead atoms. The Bertz CT molecular complexity index is 1070. The average molecular weight is 495 g/mol. The highest BCUT2D eigenvalue weighted by Gasteiger charge is 2.24. The largest absolute Gasteiger partial charge is 0.507 e. The van der Waals surface area contributed by atoms with Crippen LogP contribution in [0.3, 0.4) is 0 Å². The summed E-state index contributed by atoms with van der Waals surface area (Å²) in [7, 11) is 0. The Balaban J connectivity index is 1.41. The van der Waals surface area contributed by atoms with E-state index in [9.17, 15) is 15.0 Å². The van der Waals surface area contributed by atoms with E-state index in [1.165, 1.54) is 11.6 Å². The number of rotatable bonds is 6. The molecule has 1 amide bonds. The molecule has 166 valence electrons. The molecule has 6 heteroatoms. The van der Waals surface area contributed by atoms with Crippen LogP contribution in [0.2, 0.25) is 0 Å². The van der Waals surface area contributed by atoms with E-state index >= 15 is 0 Å². The van der Waals surface area contributed by atoms with E-state index in [2.05, 4.69) is 50.4 Å². The highest BCUT2D eigenvalue weighted by molar-refractivity contribution is 9.10. The quantitative estimate of drug-likeness (QED) is 0.457. The Morgan fingerprint density at radius 1 is 0.969 bits per heavy atom. The van der Waals surface area contributed by atoms with Gasteiger partial charge in [0, 0.05) is 37.3 Å². The minimum Gasteiger partial charge on any atom is -0.507 e. The van der Waals surface area contributed by atoms with Gasteiger partial charge in [-0.1, -0.05) is 60.7 Å². The fourth-order valence-electron chi connectivity index (χ4n) is 4.29. The predicted molar refractivity (Wildman–Crippen MR) is 129 cm³/mol. The lowest BCUT2D eigenvalue weighted by Crippen LogP contribution is -2.44. The standard InChI is InChI=1S/C26H27BrN2O3/c27-26-21(25(22(30)16-23(26)31)19-9-5-2-6-10-19)15-24(32)28-20-11-13-29(14-12-20)17-18-7-3-1-4-8-18/h1-10,16,20,30-31H,11-15,17H2,(H,28,32). The summed E-state index contributed by atoms with van der Waals surface area (Å²) in [5.41, 5.74) is 3.23. The highest BCUT2D eigenvalue weighted by Crippen LogP contribution is 2.42. The van der Waals surface area contributed by atoms with E-state index in [4.69, 9.17) is 0 Å². The normalized spacial score (nSPS) is 14.9. The van der Waals surface area contributed by atoms with Gasteiger partial charge >= 0.3 is 0 Å². The molecule has 3 aromatic carbocycles. The van der Waals surface area contributed by atoms with Crippen molar-refractivity contribution in [1.82, 2.24) is 10.2 Å². The molecule has 32 heavy (non-hydrogen) atoms. The second kappa shape index (κ2) is 10.2.